The van der Waals surface area contributed by atoms with Gasteiger partial charge < -0.3 is 10.1 Å². The summed E-state index contributed by atoms with van der Waals surface area (Å²) < 4.78 is 42.8. The summed E-state index contributed by atoms with van der Waals surface area (Å²) in [5, 5.41) is 6.73. The number of hydrogen-bond donors (Lipinski definition) is 1. The molecule has 120 valence electrons. The minimum Gasteiger partial charge on any atom is -0.496 e. The molecule has 0 fully saturated rings. The molecule has 0 aliphatic rings. The van der Waals surface area contributed by atoms with Gasteiger partial charge in [0.1, 0.15) is 10.9 Å². The molecule has 5 nitrogen and oxygen atoms in total. The third-order valence-corrected chi connectivity index (χ3v) is 3.05. The van der Waals surface area contributed by atoms with Crippen LogP contribution in [0.3, 0.4) is 0 Å². The fourth-order valence-corrected chi connectivity index (χ4v) is 2.00. The number of aromatic nitrogens is 3. The maximum Gasteiger partial charge on any atom is 0.401 e. The lowest BCUT2D eigenvalue weighted by Gasteiger charge is -2.08. The summed E-state index contributed by atoms with van der Waals surface area (Å²) in [6, 6.07) is 1.58. The van der Waals surface area contributed by atoms with Crippen LogP contribution in [0, 0.1) is 0 Å². The van der Waals surface area contributed by atoms with Gasteiger partial charge in [0.2, 0.25) is 0 Å². The number of methoxy groups -OCH3 is 1. The second kappa shape index (κ2) is 6.97. The molecule has 0 radical (unpaired) electrons. The predicted molar refractivity (Wildman–Crippen MR) is 75.9 cm³/mol. The zero-order valence-corrected chi connectivity index (χ0v) is 12.4. The predicted octanol–water partition coefficient (Wildman–Crippen LogP) is 2.76. The Morgan fingerprint density at radius 3 is 2.82 bits per heavy atom. The molecule has 2 aromatic rings. The number of ether oxygens (including phenoxy) is 1. The highest BCUT2D eigenvalue weighted by atomic mass is 35.5. The van der Waals surface area contributed by atoms with Gasteiger partial charge in [0.15, 0.2) is 0 Å². The van der Waals surface area contributed by atoms with E-state index in [0.29, 0.717) is 23.0 Å². The summed E-state index contributed by atoms with van der Waals surface area (Å²) in [4.78, 5) is 3.99. The molecule has 0 spiro atoms. The average molecular weight is 335 g/mol. The fraction of sp³-hybridized carbons (Fsp3) is 0.385. The molecule has 2 aromatic heterocycles. The van der Waals surface area contributed by atoms with Gasteiger partial charge in [0.05, 0.1) is 26.4 Å². The smallest absolute Gasteiger partial charge is 0.401 e. The van der Waals surface area contributed by atoms with Crippen molar-refractivity contribution in [1.29, 1.82) is 0 Å². The third-order valence-electron chi connectivity index (χ3n) is 2.84. The van der Waals surface area contributed by atoms with Gasteiger partial charge in [0, 0.05) is 36.1 Å². The average Bonchev–Trinajstić information content (AvgIpc) is 2.91. The number of pyridine rings is 1. The Morgan fingerprint density at radius 1 is 1.36 bits per heavy atom. The van der Waals surface area contributed by atoms with Crippen molar-refractivity contribution in [2.45, 2.75) is 12.7 Å². The van der Waals surface area contributed by atoms with E-state index < -0.39 is 12.7 Å². The summed E-state index contributed by atoms with van der Waals surface area (Å²) in [5.74, 6) is 0.551. The SMILES string of the molecule is COc1cc(Cl)ncc1-c1cnn(CCNCC(F)(F)F)c1. The number of rotatable bonds is 6. The van der Waals surface area contributed by atoms with Crippen LogP contribution in [0.2, 0.25) is 5.15 Å². The van der Waals surface area contributed by atoms with Crippen molar-refractivity contribution in [2.75, 3.05) is 20.2 Å². The van der Waals surface area contributed by atoms with Gasteiger partial charge in [-0.3, -0.25) is 4.68 Å². The van der Waals surface area contributed by atoms with Crippen LogP contribution >= 0.6 is 11.6 Å². The van der Waals surface area contributed by atoms with Gasteiger partial charge in [-0.2, -0.15) is 18.3 Å². The molecule has 0 aromatic carbocycles. The minimum absolute atomic E-state index is 0.163. The summed E-state index contributed by atoms with van der Waals surface area (Å²) in [6.07, 6.45) is 0.655. The van der Waals surface area contributed by atoms with E-state index in [2.05, 4.69) is 15.4 Å². The lowest BCUT2D eigenvalue weighted by molar-refractivity contribution is -0.124. The van der Waals surface area contributed by atoms with Gasteiger partial charge in [-0.25, -0.2) is 4.98 Å². The number of nitrogens with one attached hydrogen (secondary N) is 1. The highest BCUT2D eigenvalue weighted by molar-refractivity contribution is 6.29. The summed E-state index contributed by atoms with van der Waals surface area (Å²) in [7, 11) is 1.51. The molecule has 2 heterocycles. The van der Waals surface area contributed by atoms with E-state index in [1.54, 1.807) is 29.3 Å². The first kappa shape index (κ1) is 16.6. The van der Waals surface area contributed by atoms with Crippen LogP contribution < -0.4 is 10.1 Å². The Hall–Kier alpha value is -1.80. The van der Waals surface area contributed by atoms with Gasteiger partial charge in [-0.15, -0.1) is 0 Å². The first-order chi connectivity index (χ1) is 10.4. The molecule has 0 unspecified atom stereocenters. The number of halogens is 4. The zero-order chi connectivity index (χ0) is 16.2. The standard InChI is InChI=1S/C13H14ClF3N4O/c1-22-11-4-12(14)19-6-10(11)9-5-20-21(7-9)3-2-18-8-13(15,16)17/h4-7,18H,2-3,8H2,1H3. The zero-order valence-electron chi connectivity index (χ0n) is 11.7. The second-order valence-electron chi connectivity index (χ2n) is 4.49. The first-order valence-corrected chi connectivity index (χ1v) is 6.76. The Kier molecular flexibility index (Phi) is 5.25. The first-order valence-electron chi connectivity index (χ1n) is 6.39. The number of nitrogens with zero attached hydrogens (tertiary/aromatic N) is 3. The van der Waals surface area contributed by atoms with Crippen LogP contribution in [-0.2, 0) is 6.54 Å². The van der Waals surface area contributed by atoms with Crippen molar-refractivity contribution in [1.82, 2.24) is 20.1 Å². The topological polar surface area (TPSA) is 52.0 Å². The number of alkyl halides is 3. The molecule has 0 aliphatic carbocycles. The van der Waals surface area contributed by atoms with E-state index in [0.717, 1.165) is 5.56 Å². The molecule has 1 N–H and O–H groups in total. The Labute approximate surface area is 130 Å². The molecule has 0 amide bonds. The molecule has 0 atom stereocenters. The van der Waals surface area contributed by atoms with Crippen molar-refractivity contribution in [3.05, 3.63) is 29.8 Å². The van der Waals surface area contributed by atoms with Crippen LogP contribution in [0.5, 0.6) is 5.75 Å². The quantitative estimate of drug-likeness (QED) is 0.652. The minimum atomic E-state index is -4.21. The lowest BCUT2D eigenvalue weighted by Crippen LogP contribution is -2.31. The van der Waals surface area contributed by atoms with Crippen LogP contribution in [0.4, 0.5) is 13.2 Å². The van der Waals surface area contributed by atoms with E-state index >= 15 is 0 Å². The number of hydrogen-bond acceptors (Lipinski definition) is 4. The maximum absolute atomic E-state index is 12.0. The highest BCUT2D eigenvalue weighted by Gasteiger charge is 2.25. The normalized spacial score (nSPS) is 11.7. The molecular formula is C13H14ClF3N4O. The Balaban J connectivity index is 2.00. The third kappa shape index (κ3) is 4.60. The largest absolute Gasteiger partial charge is 0.496 e. The monoisotopic (exact) mass is 334 g/mol. The van der Waals surface area contributed by atoms with Crippen molar-refractivity contribution >= 4 is 11.6 Å². The van der Waals surface area contributed by atoms with Crippen LogP contribution in [0.1, 0.15) is 0 Å². The van der Waals surface area contributed by atoms with Crippen molar-refractivity contribution in [3.8, 4) is 16.9 Å². The Bertz CT molecular complexity index is 630. The molecule has 22 heavy (non-hydrogen) atoms. The second-order valence-corrected chi connectivity index (χ2v) is 4.88. The van der Waals surface area contributed by atoms with Crippen molar-refractivity contribution in [3.63, 3.8) is 0 Å². The molecule has 2 rings (SSSR count). The van der Waals surface area contributed by atoms with E-state index in [-0.39, 0.29) is 6.54 Å². The highest BCUT2D eigenvalue weighted by Crippen LogP contribution is 2.30. The van der Waals surface area contributed by atoms with E-state index in [1.165, 1.54) is 7.11 Å². The van der Waals surface area contributed by atoms with E-state index in [1.807, 2.05) is 0 Å². The van der Waals surface area contributed by atoms with Gasteiger partial charge in [-0.1, -0.05) is 11.6 Å². The van der Waals surface area contributed by atoms with Crippen molar-refractivity contribution in [2.24, 2.45) is 0 Å². The lowest BCUT2D eigenvalue weighted by atomic mass is 10.1. The fourth-order valence-electron chi connectivity index (χ4n) is 1.85. The molecule has 0 saturated carbocycles. The summed E-state index contributed by atoms with van der Waals surface area (Å²) in [6.45, 7) is -0.536. The van der Waals surface area contributed by atoms with Crippen LogP contribution in [0.25, 0.3) is 11.1 Å². The molecule has 0 aliphatic heterocycles. The molecule has 9 heteroatoms. The van der Waals surface area contributed by atoms with Crippen LogP contribution in [0.15, 0.2) is 24.7 Å². The van der Waals surface area contributed by atoms with Crippen molar-refractivity contribution < 1.29 is 17.9 Å². The van der Waals surface area contributed by atoms with Gasteiger partial charge in [-0.05, 0) is 0 Å². The molecular weight excluding hydrogens is 321 g/mol. The van der Waals surface area contributed by atoms with Crippen LogP contribution in [-0.4, -0.2) is 41.1 Å². The summed E-state index contributed by atoms with van der Waals surface area (Å²) >= 11 is 5.80. The Morgan fingerprint density at radius 2 is 2.14 bits per heavy atom. The molecule has 0 saturated heterocycles. The van der Waals surface area contributed by atoms with E-state index in [4.69, 9.17) is 16.3 Å². The van der Waals surface area contributed by atoms with E-state index in [9.17, 15) is 13.2 Å². The molecule has 0 bridgehead atoms. The maximum atomic E-state index is 12.0. The van der Waals surface area contributed by atoms with Gasteiger partial charge in [0.25, 0.3) is 0 Å². The summed E-state index contributed by atoms with van der Waals surface area (Å²) in [5.41, 5.74) is 1.46. The van der Waals surface area contributed by atoms with Gasteiger partial charge >= 0.3 is 6.18 Å².